The second-order valence-electron chi connectivity index (χ2n) is 3.92. The Hall–Kier alpha value is -2.48. The summed E-state index contributed by atoms with van der Waals surface area (Å²) in [4.78, 5) is 11.6. The monoisotopic (exact) mass is 243 g/mol. The molecule has 90 valence electrons. The van der Waals surface area contributed by atoms with Crippen molar-refractivity contribution >= 4 is 0 Å². The van der Waals surface area contributed by atoms with E-state index < -0.39 is 5.82 Å². The van der Waals surface area contributed by atoms with Crippen molar-refractivity contribution in [2.75, 3.05) is 0 Å². The summed E-state index contributed by atoms with van der Waals surface area (Å²) in [6.45, 7) is 1.77. The van der Waals surface area contributed by atoms with Crippen LogP contribution in [0.3, 0.4) is 0 Å². The summed E-state index contributed by atoms with van der Waals surface area (Å²) >= 11 is 0. The highest BCUT2D eigenvalue weighted by atomic mass is 19.1. The molecule has 0 fully saturated rings. The molecular weight excluding hydrogens is 233 g/mol. The van der Waals surface area contributed by atoms with Gasteiger partial charge in [0.2, 0.25) is 0 Å². The molecule has 0 amide bonds. The summed E-state index contributed by atoms with van der Waals surface area (Å²) in [6.07, 6.45) is 1.54. The van der Waals surface area contributed by atoms with Crippen molar-refractivity contribution in [3.63, 3.8) is 0 Å². The van der Waals surface area contributed by atoms with E-state index in [0.717, 1.165) is 10.2 Å². The molecule has 0 atom stereocenters. The van der Waals surface area contributed by atoms with Gasteiger partial charge in [0.15, 0.2) is 0 Å². The Balaban J connectivity index is 2.41. The van der Waals surface area contributed by atoms with E-state index >= 15 is 0 Å². The van der Waals surface area contributed by atoms with Crippen molar-refractivity contribution in [3.8, 4) is 6.07 Å². The highest BCUT2D eigenvalue weighted by Gasteiger charge is 2.09. The van der Waals surface area contributed by atoms with E-state index in [0.29, 0.717) is 0 Å². The molecule has 0 N–H and O–H groups in total. The van der Waals surface area contributed by atoms with Gasteiger partial charge in [0.05, 0.1) is 18.3 Å². The Bertz CT molecular complexity index is 685. The predicted octanol–water partition coefficient (Wildman–Crippen LogP) is 1.61. The van der Waals surface area contributed by atoms with Gasteiger partial charge in [-0.2, -0.15) is 10.4 Å². The van der Waals surface area contributed by atoms with E-state index in [2.05, 4.69) is 5.10 Å². The molecular formula is C13H10FN3O. The number of aryl methyl sites for hydroxylation is 1. The highest BCUT2D eigenvalue weighted by Crippen LogP contribution is 2.12. The van der Waals surface area contributed by atoms with E-state index in [1.807, 2.05) is 0 Å². The first-order valence-electron chi connectivity index (χ1n) is 5.33. The molecule has 0 aliphatic carbocycles. The van der Waals surface area contributed by atoms with Crippen molar-refractivity contribution < 1.29 is 4.39 Å². The van der Waals surface area contributed by atoms with Crippen LogP contribution >= 0.6 is 0 Å². The van der Waals surface area contributed by atoms with Crippen LogP contribution in [0.2, 0.25) is 0 Å². The molecule has 0 aliphatic heterocycles. The summed E-state index contributed by atoms with van der Waals surface area (Å²) in [5.74, 6) is -0.603. The van der Waals surface area contributed by atoms with Crippen molar-refractivity contribution in [3.05, 3.63) is 63.3 Å². The first kappa shape index (κ1) is 12.0. The van der Waals surface area contributed by atoms with Crippen LogP contribution in [0, 0.1) is 24.1 Å². The Morgan fingerprint density at radius 1 is 1.50 bits per heavy atom. The number of nitrogens with zero attached hydrogens (tertiary/aromatic N) is 3. The van der Waals surface area contributed by atoms with Gasteiger partial charge < -0.3 is 0 Å². The molecule has 0 saturated carbocycles. The minimum Gasteiger partial charge on any atom is -0.268 e. The fourth-order valence-electron chi connectivity index (χ4n) is 1.59. The number of benzene rings is 1. The largest absolute Gasteiger partial charge is 0.268 e. The second kappa shape index (κ2) is 4.80. The maximum absolute atomic E-state index is 13.8. The molecule has 5 heteroatoms. The van der Waals surface area contributed by atoms with Crippen molar-refractivity contribution in [1.29, 1.82) is 5.26 Å². The maximum Gasteiger partial charge on any atom is 0.267 e. The quantitative estimate of drug-likeness (QED) is 0.805. The average molecular weight is 243 g/mol. The Morgan fingerprint density at radius 2 is 2.28 bits per heavy atom. The molecule has 2 aromatic rings. The molecule has 2 rings (SSSR count). The highest BCUT2D eigenvalue weighted by molar-refractivity contribution is 5.35. The minimum atomic E-state index is -0.603. The van der Waals surface area contributed by atoms with Gasteiger partial charge in [-0.1, -0.05) is 12.1 Å². The number of halogens is 1. The van der Waals surface area contributed by atoms with Crippen LogP contribution in [-0.4, -0.2) is 9.78 Å². The van der Waals surface area contributed by atoms with Crippen molar-refractivity contribution in [2.45, 2.75) is 13.5 Å². The topological polar surface area (TPSA) is 58.7 Å². The Kier molecular flexibility index (Phi) is 3.20. The molecule has 1 aromatic heterocycles. The van der Waals surface area contributed by atoms with E-state index in [-0.39, 0.29) is 23.2 Å². The summed E-state index contributed by atoms with van der Waals surface area (Å²) in [7, 11) is 0. The van der Waals surface area contributed by atoms with Crippen LogP contribution in [-0.2, 0) is 6.54 Å². The number of hydrogen-bond acceptors (Lipinski definition) is 3. The third-order valence-corrected chi connectivity index (χ3v) is 2.53. The van der Waals surface area contributed by atoms with Crippen LogP contribution < -0.4 is 5.56 Å². The zero-order chi connectivity index (χ0) is 13.1. The third kappa shape index (κ3) is 2.28. The molecule has 0 unspecified atom stereocenters. The Morgan fingerprint density at radius 3 is 2.94 bits per heavy atom. The zero-order valence-corrected chi connectivity index (χ0v) is 9.72. The first-order chi connectivity index (χ1) is 8.61. The van der Waals surface area contributed by atoms with E-state index in [1.54, 1.807) is 19.1 Å². The number of aromatic nitrogens is 2. The molecule has 1 heterocycles. The normalized spacial score (nSPS) is 10.1. The lowest BCUT2D eigenvalue weighted by atomic mass is 10.1. The maximum atomic E-state index is 13.8. The third-order valence-electron chi connectivity index (χ3n) is 2.53. The van der Waals surface area contributed by atoms with Gasteiger partial charge >= 0.3 is 0 Å². The van der Waals surface area contributed by atoms with Gasteiger partial charge in [0.1, 0.15) is 11.9 Å². The van der Waals surface area contributed by atoms with Gasteiger partial charge in [-0.05, 0) is 18.6 Å². The number of hydrogen-bond donors (Lipinski definition) is 0. The Labute approximate surface area is 103 Å². The lowest BCUT2D eigenvalue weighted by molar-refractivity contribution is 0.569. The average Bonchev–Trinajstić information content (AvgIpc) is 2.35. The van der Waals surface area contributed by atoms with Crippen LogP contribution in [0.5, 0.6) is 0 Å². The summed E-state index contributed by atoms with van der Waals surface area (Å²) < 4.78 is 15.0. The molecule has 18 heavy (non-hydrogen) atoms. The van der Waals surface area contributed by atoms with Crippen LogP contribution in [0.1, 0.15) is 16.7 Å². The standard InChI is InChI=1S/C13H10FN3O/c1-9-5-12(18)17(16-7-9)8-11-4-2-3-10(6-15)13(11)14/h2-5,7H,8H2,1H3. The summed E-state index contributed by atoms with van der Waals surface area (Å²) in [5, 5.41) is 12.7. The van der Waals surface area contributed by atoms with Crippen LogP contribution in [0.25, 0.3) is 0 Å². The van der Waals surface area contributed by atoms with Crippen LogP contribution in [0.15, 0.2) is 35.3 Å². The van der Waals surface area contributed by atoms with Crippen molar-refractivity contribution in [1.82, 2.24) is 9.78 Å². The van der Waals surface area contributed by atoms with Crippen molar-refractivity contribution in [2.24, 2.45) is 0 Å². The van der Waals surface area contributed by atoms with Crippen LogP contribution in [0.4, 0.5) is 4.39 Å². The molecule has 0 bridgehead atoms. The summed E-state index contributed by atoms with van der Waals surface area (Å²) in [5.41, 5.74) is 0.694. The molecule has 0 spiro atoms. The lowest BCUT2D eigenvalue weighted by Crippen LogP contribution is -2.23. The van der Waals surface area contributed by atoms with Gasteiger partial charge in [0.25, 0.3) is 5.56 Å². The predicted molar refractivity (Wildman–Crippen MR) is 63.5 cm³/mol. The molecule has 4 nitrogen and oxygen atoms in total. The fourth-order valence-corrected chi connectivity index (χ4v) is 1.59. The SMILES string of the molecule is Cc1cnn(Cc2cccc(C#N)c2F)c(=O)c1. The van der Waals surface area contributed by atoms with Gasteiger partial charge in [-0.3, -0.25) is 4.79 Å². The lowest BCUT2D eigenvalue weighted by Gasteiger charge is -2.06. The number of nitriles is 1. The summed E-state index contributed by atoms with van der Waals surface area (Å²) in [6, 6.07) is 7.70. The van der Waals surface area contributed by atoms with Gasteiger partial charge in [0, 0.05) is 11.6 Å². The molecule has 0 radical (unpaired) electrons. The molecule has 0 aliphatic rings. The molecule has 0 saturated heterocycles. The van der Waals surface area contributed by atoms with E-state index in [1.165, 1.54) is 24.4 Å². The molecule has 1 aromatic carbocycles. The van der Waals surface area contributed by atoms with Gasteiger partial charge in [-0.25, -0.2) is 9.07 Å². The smallest absolute Gasteiger partial charge is 0.267 e. The number of rotatable bonds is 2. The van der Waals surface area contributed by atoms with E-state index in [4.69, 9.17) is 5.26 Å². The minimum absolute atomic E-state index is 0.0144. The van der Waals surface area contributed by atoms with E-state index in [9.17, 15) is 9.18 Å². The van der Waals surface area contributed by atoms with Gasteiger partial charge in [-0.15, -0.1) is 0 Å². The zero-order valence-electron chi connectivity index (χ0n) is 9.72. The second-order valence-corrected chi connectivity index (χ2v) is 3.92. The fraction of sp³-hybridized carbons (Fsp3) is 0.154. The first-order valence-corrected chi connectivity index (χ1v) is 5.33.